The molecule has 6 nitrogen and oxygen atoms in total. The van der Waals surface area contributed by atoms with Gasteiger partial charge in [0.15, 0.2) is 0 Å². The van der Waals surface area contributed by atoms with Gasteiger partial charge in [-0.2, -0.15) is 5.26 Å². The van der Waals surface area contributed by atoms with Crippen LogP contribution in [-0.4, -0.2) is 43.2 Å². The molecule has 0 aromatic carbocycles. The number of piperidine rings is 1. The van der Waals surface area contributed by atoms with E-state index in [1.54, 1.807) is 6.07 Å². The van der Waals surface area contributed by atoms with Crippen molar-refractivity contribution in [2.24, 2.45) is 5.92 Å². The van der Waals surface area contributed by atoms with Gasteiger partial charge in [0.25, 0.3) is 0 Å². The Hall–Kier alpha value is -2.13. The number of nitrogens with one attached hydrogen (secondary N) is 1. The van der Waals surface area contributed by atoms with Crippen molar-refractivity contribution in [1.82, 2.24) is 10.3 Å². The first-order chi connectivity index (χ1) is 10.7. The average Bonchev–Trinajstić information content (AvgIpc) is 2.50. The number of pyridine rings is 1. The number of nitriles is 1. The third-order valence-electron chi connectivity index (χ3n) is 4.21. The molecule has 1 unspecified atom stereocenters. The Bertz CT molecular complexity index is 607. The fourth-order valence-corrected chi connectivity index (χ4v) is 2.89. The summed E-state index contributed by atoms with van der Waals surface area (Å²) in [7, 11) is 0. The van der Waals surface area contributed by atoms with Gasteiger partial charge in [-0.1, -0.05) is 0 Å². The van der Waals surface area contributed by atoms with Crippen molar-refractivity contribution in [2.75, 3.05) is 31.2 Å². The molecule has 2 aliphatic rings. The smallest absolute Gasteiger partial charge is 0.225 e. The van der Waals surface area contributed by atoms with Gasteiger partial charge in [0.2, 0.25) is 5.91 Å². The molecule has 1 aromatic heterocycles. The summed E-state index contributed by atoms with van der Waals surface area (Å²) in [5.74, 6) is 0.736. The number of hydrogen-bond donors (Lipinski definition) is 1. The van der Waals surface area contributed by atoms with Crippen molar-refractivity contribution in [2.45, 2.75) is 25.8 Å². The number of amides is 1. The van der Waals surface area contributed by atoms with E-state index in [1.165, 1.54) is 0 Å². The van der Waals surface area contributed by atoms with Crippen molar-refractivity contribution in [3.05, 3.63) is 23.4 Å². The lowest BCUT2D eigenvalue weighted by Crippen LogP contribution is -2.52. The van der Waals surface area contributed by atoms with Gasteiger partial charge in [0, 0.05) is 18.8 Å². The minimum Gasteiger partial charge on any atom is -0.377 e. The minimum atomic E-state index is -0.0526. The second-order valence-corrected chi connectivity index (χ2v) is 5.96. The van der Waals surface area contributed by atoms with Gasteiger partial charge in [0.1, 0.15) is 11.9 Å². The molecule has 3 rings (SSSR count). The number of aromatic nitrogens is 1. The number of carbonyl (C=O) groups is 1. The molecule has 1 atom stereocenters. The highest BCUT2D eigenvalue weighted by Gasteiger charge is 2.30. The molecule has 6 heteroatoms. The molecule has 116 valence electrons. The van der Waals surface area contributed by atoms with Crippen LogP contribution in [0.4, 0.5) is 5.82 Å². The Morgan fingerprint density at radius 1 is 1.50 bits per heavy atom. The average molecular weight is 300 g/mol. The van der Waals surface area contributed by atoms with Gasteiger partial charge in [-0.15, -0.1) is 0 Å². The number of aryl methyl sites for hydroxylation is 1. The molecule has 3 heterocycles. The zero-order valence-electron chi connectivity index (χ0n) is 12.7. The van der Waals surface area contributed by atoms with Crippen molar-refractivity contribution >= 4 is 11.7 Å². The summed E-state index contributed by atoms with van der Waals surface area (Å²) in [6.07, 6.45) is 1.81. The summed E-state index contributed by atoms with van der Waals surface area (Å²) < 4.78 is 5.09. The summed E-state index contributed by atoms with van der Waals surface area (Å²) in [5.41, 5.74) is 1.45. The predicted molar refractivity (Wildman–Crippen MR) is 81.4 cm³/mol. The van der Waals surface area contributed by atoms with Crippen LogP contribution in [0.2, 0.25) is 0 Å². The van der Waals surface area contributed by atoms with Gasteiger partial charge in [-0.05, 0) is 31.9 Å². The number of rotatable bonds is 3. The first-order valence-electron chi connectivity index (χ1n) is 7.68. The second kappa shape index (κ2) is 6.32. The van der Waals surface area contributed by atoms with Crippen LogP contribution < -0.4 is 10.2 Å². The molecular formula is C16H20N4O2. The lowest BCUT2D eigenvalue weighted by atomic mass is 9.96. The van der Waals surface area contributed by atoms with Crippen LogP contribution in [0.5, 0.6) is 0 Å². The van der Waals surface area contributed by atoms with E-state index >= 15 is 0 Å². The quantitative estimate of drug-likeness (QED) is 0.901. The fraction of sp³-hybridized carbons (Fsp3) is 0.562. The summed E-state index contributed by atoms with van der Waals surface area (Å²) in [6, 6.07) is 5.99. The van der Waals surface area contributed by atoms with E-state index < -0.39 is 0 Å². The highest BCUT2D eigenvalue weighted by Crippen LogP contribution is 2.25. The van der Waals surface area contributed by atoms with Crippen LogP contribution in [0.25, 0.3) is 0 Å². The second-order valence-electron chi connectivity index (χ2n) is 5.96. The van der Waals surface area contributed by atoms with E-state index in [-0.39, 0.29) is 17.9 Å². The molecular weight excluding hydrogens is 280 g/mol. The Kier molecular flexibility index (Phi) is 4.25. The van der Waals surface area contributed by atoms with Gasteiger partial charge in [0.05, 0.1) is 30.7 Å². The van der Waals surface area contributed by atoms with Gasteiger partial charge >= 0.3 is 0 Å². The Morgan fingerprint density at radius 2 is 2.32 bits per heavy atom. The normalized spacial score (nSPS) is 21.8. The molecule has 1 amide bonds. The number of ether oxygens (including phenoxy) is 1. The number of hydrogen-bond acceptors (Lipinski definition) is 5. The first-order valence-corrected chi connectivity index (χ1v) is 7.68. The van der Waals surface area contributed by atoms with E-state index in [0.717, 1.165) is 25.1 Å². The first kappa shape index (κ1) is 14.8. The third-order valence-corrected chi connectivity index (χ3v) is 4.21. The number of anilines is 1. The van der Waals surface area contributed by atoms with Crippen molar-refractivity contribution in [1.29, 1.82) is 5.26 Å². The molecule has 0 radical (unpaired) electrons. The lowest BCUT2D eigenvalue weighted by Gasteiger charge is -2.35. The predicted octanol–water partition coefficient (Wildman–Crippen LogP) is 0.993. The fourth-order valence-electron chi connectivity index (χ4n) is 2.89. The van der Waals surface area contributed by atoms with Crippen molar-refractivity contribution < 1.29 is 9.53 Å². The van der Waals surface area contributed by atoms with Gasteiger partial charge in [-0.3, -0.25) is 4.79 Å². The summed E-state index contributed by atoms with van der Waals surface area (Å²) in [4.78, 5) is 18.9. The van der Waals surface area contributed by atoms with Gasteiger partial charge in [-0.25, -0.2) is 4.98 Å². The van der Waals surface area contributed by atoms with Crippen LogP contribution in [0.3, 0.4) is 0 Å². The maximum atomic E-state index is 12.3. The maximum absolute atomic E-state index is 12.3. The Labute approximate surface area is 130 Å². The number of nitrogens with zero attached hydrogens (tertiary/aromatic N) is 3. The molecule has 0 bridgehead atoms. The summed E-state index contributed by atoms with van der Waals surface area (Å²) in [6.45, 7) is 4.59. The molecule has 2 aliphatic heterocycles. The van der Waals surface area contributed by atoms with Crippen molar-refractivity contribution in [3.8, 4) is 6.07 Å². The monoisotopic (exact) mass is 300 g/mol. The third kappa shape index (κ3) is 3.04. The molecule has 22 heavy (non-hydrogen) atoms. The summed E-state index contributed by atoms with van der Waals surface area (Å²) >= 11 is 0. The largest absolute Gasteiger partial charge is 0.377 e. The van der Waals surface area contributed by atoms with Crippen LogP contribution in [-0.2, 0) is 9.53 Å². The zero-order chi connectivity index (χ0) is 15.5. The van der Waals surface area contributed by atoms with Crippen LogP contribution in [0.15, 0.2) is 12.1 Å². The van der Waals surface area contributed by atoms with E-state index in [9.17, 15) is 10.1 Å². The Balaban J connectivity index is 1.71. The van der Waals surface area contributed by atoms with Crippen LogP contribution in [0.1, 0.15) is 24.1 Å². The van der Waals surface area contributed by atoms with Gasteiger partial charge < -0.3 is 15.0 Å². The standard InChI is InChI=1S/C16H20N4O2/c1-11-4-5-12(7-17)15(18-11)20-6-2-3-13(8-20)16(21)19-14-9-22-10-14/h4-5,13-14H,2-3,6,8-10H2,1H3,(H,19,21). The molecule has 1 N–H and O–H groups in total. The topological polar surface area (TPSA) is 78.2 Å². The van der Waals surface area contributed by atoms with E-state index in [0.29, 0.717) is 31.1 Å². The van der Waals surface area contributed by atoms with Crippen molar-refractivity contribution in [3.63, 3.8) is 0 Å². The van der Waals surface area contributed by atoms with E-state index in [4.69, 9.17) is 4.74 Å². The summed E-state index contributed by atoms with van der Waals surface area (Å²) in [5, 5.41) is 12.3. The highest BCUT2D eigenvalue weighted by molar-refractivity contribution is 5.80. The molecule has 0 saturated carbocycles. The minimum absolute atomic E-state index is 0.0526. The maximum Gasteiger partial charge on any atom is 0.225 e. The number of carbonyl (C=O) groups excluding carboxylic acids is 1. The van der Waals surface area contributed by atoms with E-state index in [1.807, 2.05) is 13.0 Å². The molecule has 0 aliphatic carbocycles. The molecule has 2 saturated heterocycles. The molecule has 0 spiro atoms. The lowest BCUT2D eigenvalue weighted by molar-refractivity contribution is -0.129. The molecule has 2 fully saturated rings. The van der Waals surface area contributed by atoms with Crippen LogP contribution >= 0.6 is 0 Å². The van der Waals surface area contributed by atoms with Crippen LogP contribution in [0, 0.1) is 24.2 Å². The SMILES string of the molecule is Cc1ccc(C#N)c(N2CCCC(C(=O)NC3COC3)C2)n1. The van der Waals surface area contributed by atoms with E-state index in [2.05, 4.69) is 21.3 Å². The highest BCUT2D eigenvalue weighted by atomic mass is 16.5. The Morgan fingerprint density at radius 3 is 3.00 bits per heavy atom. The zero-order valence-corrected chi connectivity index (χ0v) is 12.7. The molecule has 1 aromatic rings.